The van der Waals surface area contributed by atoms with Crippen LogP contribution in [0.15, 0.2) is 18.3 Å². The molecule has 0 aliphatic carbocycles. The summed E-state index contributed by atoms with van der Waals surface area (Å²) in [6.07, 6.45) is 2.84. The quantitative estimate of drug-likeness (QED) is 0.744. The number of hydrogen-bond donors (Lipinski definition) is 1. The smallest absolute Gasteiger partial charge is 0.0696 e. The summed E-state index contributed by atoms with van der Waals surface area (Å²) >= 11 is 0. The third kappa shape index (κ3) is 2.05. The van der Waals surface area contributed by atoms with Crippen LogP contribution >= 0.6 is 0 Å². The zero-order chi connectivity index (χ0) is 8.97. The Bertz CT molecular complexity index is 230. The van der Waals surface area contributed by atoms with Gasteiger partial charge < -0.3 is 5.11 Å². The molecule has 0 saturated carbocycles. The highest BCUT2D eigenvalue weighted by Crippen LogP contribution is 2.15. The van der Waals surface area contributed by atoms with Crippen LogP contribution in [-0.2, 0) is 6.61 Å². The summed E-state index contributed by atoms with van der Waals surface area (Å²) in [7, 11) is 0. The second-order valence-electron chi connectivity index (χ2n) is 3.06. The van der Waals surface area contributed by atoms with Crippen LogP contribution in [0, 0.1) is 0 Å². The number of pyridine rings is 1. The van der Waals surface area contributed by atoms with Crippen molar-refractivity contribution in [3.05, 3.63) is 29.6 Å². The van der Waals surface area contributed by atoms with Gasteiger partial charge in [0.15, 0.2) is 0 Å². The summed E-state index contributed by atoms with van der Waals surface area (Å²) in [5, 5.41) is 8.78. The van der Waals surface area contributed by atoms with E-state index in [4.69, 9.17) is 5.11 Å². The van der Waals surface area contributed by atoms with Gasteiger partial charge in [0.1, 0.15) is 0 Å². The lowest BCUT2D eigenvalue weighted by Crippen LogP contribution is -1.96. The van der Waals surface area contributed by atoms with E-state index in [1.165, 1.54) is 0 Å². The zero-order valence-electron chi connectivity index (χ0n) is 7.62. The normalized spacial score (nSPS) is 12.9. The van der Waals surface area contributed by atoms with E-state index in [-0.39, 0.29) is 6.61 Å². The fourth-order valence-corrected chi connectivity index (χ4v) is 1.03. The largest absolute Gasteiger partial charge is 0.392 e. The first-order valence-corrected chi connectivity index (χ1v) is 4.33. The van der Waals surface area contributed by atoms with Gasteiger partial charge in [-0.3, -0.25) is 4.98 Å². The third-order valence-corrected chi connectivity index (χ3v) is 2.15. The van der Waals surface area contributed by atoms with E-state index in [1.807, 2.05) is 12.1 Å². The fourth-order valence-electron chi connectivity index (χ4n) is 1.03. The monoisotopic (exact) mass is 165 g/mol. The Balaban J connectivity index is 2.77. The first kappa shape index (κ1) is 9.20. The molecule has 0 amide bonds. The number of aliphatic hydroxyl groups excluding tert-OH is 1. The molecule has 1 unspecified atom stereocenters. The predicted octanol–water partition coefficient (Wildman–Crippen LogP) is 2.09. The van der Waals surface area contributed by atoms with E-state index < -0.39 is 0 Å². The van der Waals surface area contributed by atoms with Gasteiger partial charge >= 0.3 is 0 Å². The van der Waals surface area contributed by atoms with Gasteiger partial charge in [-0.05, 0) is 24.0 Å². The van der Waals surface area contributed by atoms with E-state index in [0.717, 1.165) is 17.7 Å². The number of nitrogens with zero attached hydrogens (tertiary/aromatic N) is 1. The van der Waals surface area contributed by atoms with Gasteiger partial charge in [-0.15, -0.1) is 0 Å². The van der Waals surface area contributed by atoms with Gasteiger partial charge in [0.2, 0.25) is 0 Å². The number of aromatic nitrogens is 1. The maximum atomic E-state index is 8.78. The lowest BCUT2D eigenvalue weighted by atomic mass is 10.0. The third-order valence-electron chi connectivity index (χ3n) is 2.15. The van der Waals surface area contributed by atoms with Crippen molar-refractivity contribution in [1.82, 2.24) is 4.98 Å². The molecule has 1 atom stereocenters. The predicted molar refractivity (Wildman–Crippen MR) is 48.9 cm³/mol. The van der Waals surface area contributed by atoms with Crippen molar-refractivity contribution in [1.29, 1.82) is 0 Å². The summed E-state index contributed by atoms with van der Waals surface area (Å²) in [4.78, 5) is 4.26. The SMILES string of the molecule is CCC(C)c1ccc(CO)cn1. The lowest BCUT2D eigenvalue weighted by Gasteiger charge is -2.07. The second kappa shape index (κ2) is 4.21. The molecule has 1 N–H and O–H groups in total. The van der Waals surface area contributed by atoms with Crippen LogP contribution in [0.5, 0.6) is 0 Å². The summed E-state index contributed by atoms with van der Waals surface area (Å²) in [5.41, 5.74) is 1.98. The first-order chi connectivity index (χ1) is 5.77. The van der Waals surface area contributed by atoms with Crippen molar-refractivity contribution in [3.63, 3.8) is 0 Å². The van der Waals surface area contributed by atoms with Crippen molar-refractivity contribution >= 4 is 0 Å². The maximum Gasteiger partial charge on any atom is 0.0696 e. The summed E-state index contributed by atoms with van der Waals surface area (Å²) in [5.74, 6) is 0.512. The molecule has 0 saturated heterocycles. The molecule has 0 aliphatic rings. The first-order valence-electron chi connectivity index (χ1n) is 4.33. The van der Waals surface area contributed by atoms with Crippen molar-refractivity contribution < 1.29 is 5.11 Å². The van der Waals surface area contributed by atoms with E-state index in [9.17, 15) is 0 Å². The maximum absolute atomic E-state index is 8.78. The topological polar surface area (TPSA) is 33.1 Å². The Morgan fingerprint density at radius 2 is 2.25 bits per heavy atom. The molecule has 1 rings (SSSR count). The van der Waals surface area contributed by atoms with Gasteiger partial charge in [0.05, 0.1) is 6.61 Å². The molecule has 2 heteroatoms. The highest BCUT2D eigenvalue weighted by molar-refractivity contribution is 5.15. The van der Waals surface area contributed by atoms with Crippen molar-refractivity contribution in [3.8, 4) is 0 Å². The molecule has 1 heterocycles. The molecule has 0 radical (unpaired) electrons. The van der Waals surface area contributed by atoms with Crippen LogP contribution < -0.4 is 0 Å². The minimum Gasteiger partial charge on any atom is -0.392 e. The van der Waals surface area contributed by atoms with Crippen LogP contribution in [0.4, 0.5) is 0 Å². The van der Waals surface area contributed by atoms with Gasteiger partial charge in [-0.1, -0.05) is 19.9 Å². The van der Waals surface area contributed by atoms with Gasteiger partial charge in [0.25, 0.3) is 0 Å². The molecule has 2 nitrogen and oxygen atoms in total. The Kier molecular flexibility index (Phi) is 3.23. The Morgan fingerprint density at radius 3 is 2.67 bits per heavy atom. The average molecular weight is 165 g/mol. The van der Waals surface area contributed by atoms with Crippen molar-refractivity contribution in [2.75, 3.05) is 0 Å². The Morgan fingerprint density at radius 1 is 1.50 bits per heavy atom. The molecule has 1 aromatic heterocycles. The van der Waals surface area contributed by atoms with Crippen LogP contribution in [0.25, 0.3) is 0 Å². The minimum atomic E-state index is 0.0772. The number of aliphatic hydroxyl groups is 1. The van der Waals surface area contributed by atoms with E-state index in [0.29, 0.717) is 5.92 Å². The van der Waals surface area contributed by atoms with Crippen LogP contribution in [-0.4, -0.2) is 10.1 Å². The molecule has 1 aromatic rings. The van der Waals surface area contributed by atoms with Gasteiger partial charge in [-0.25, -0.2) is 0 Å². The number of hydrogen-bond acceptors (Lipinski definition) is 2. The van der Waals surface area contributed by atoms with Crippen LogP contribution in [0.2, 0.25) is 0 Å². The molecular formula is C10H15NO. The van der Waals surface area contributed by atoms with Crippen LogP contribution in [0.3, 0.4) is 0 Å². The Labute approximate surface area is 73.3 Å². The molecule has 0 aliphatic heterocycles. The molecule has 0 aromatic carbocycles. The molecule has 0 spiro atoms. The second-order valence-corrected chi connectivity index (χ2v) is 3.06. The summed E-state index contributed by atoms with van der Waals surface area (Å²) < 4.78 is 0. The molecule has 0 fully saturated rings. The van der Waals surface area contributed by atoms with E-state index >= 15 is 0 Å². The Hall–Kier alpha value is -0.890. The molecule has 0 bridgehead atoms. The zero-order valence-corrected chi connectivity index (χ0v) is 7.62. The average Bonchev–Trinajstić information content (AvgIpc) is 2.17. The highest BCUT2D eigenvalue weighted by atomic mass is 16.3. The number of rotatable bonds is 3. The molecule has 12 heavy (non-hydrogen) atoms. The summed E-state index contributed by atoms with van der Waals surface area (Å²) in [6.45, 7) is 4.38. The lowest BCUT2D eigenvalue weighted by molar-refractivity contribution is 0.281. The van der Waals surface area contributed by atoms with Gasteiger partial charge in [0, 0.05) is 11.9 Å². The molecular weight excluding hydrogens is 150 g/mol. The van der Waals surface area contributed by atoms with E-state index in [2.05, 4.69) is 18.8 Å². The van der Waals surface area contributed by atoms with Crippen molar-refractivity contribution in [2.45, 2.75) is 32.8 Å². The van der Waals surface area contributed by atoms with Crippen LogP contribution in [0.1, 0.15) is 37.4 Å². The standard InChI is InChI=1S/C10H15NO/c1-3-8(2)10-5-4-9(7-12)6-11-10/h4-6,8,12H,3,7H2,1-2H3. The van der Waals surface area contributed by atoms with Crippen molar-refractivity contribution in [2.24, 2.45) is 0 Å². The minimum absolute atomic E-state index is 0.0772. The highest BCUT2D eigenvalue weighted by Gasteiger charge is 2.02. The van der Waals surface area contributed by atoms with E-state index in [1.54, 1.807) is 6.20 Å². The van der Waals surface area contributed by atoms with Gasteiger partial charge in [-0.2, -0.15) is 0 Å². The summed E-state index contributed by atoms with van der Waals surface area (Å²) in [6, 6.07) is 3.91. The molecule has 66 valence electrons. The fraction of sp³-hybridized carbons (Fsp3) is 0.500.